The molecule has 0 aromatic carbocycles. The molecule has 1 fully saturated rings. The summed E-state index contributed by atoms with van der Waals surface area (Å²) in [6.45, 7) is 3.90. The molecule has 21 heavy (non-hydrogen) atoms. The van der Waals surface area contributed by atoms with E-state index in [0.29, 0.717) is 24.8 Å². The topological polar surface area (TPSA) is 70.6 Å². The number of carbonyl (C=O) groups is 1. The average Bonchev–Trinajstić information content (AvgIpc) is 2.48. The highest BCUT2D eigenvalue weighted by Gasteiger charge is 2.25. The fraction of sp³-hybridized carbons (Fsp3) is 0.643. The molecule has 2 rings (SSSR count). The first-order valence-corrected chi connectivity index (χ1v) is 7.29. The number of amides is 2. The fourth-order valence-electron chi connectivity index (χ4n) is 2.35. The van der Waals surface area contributed by atoms with Crippen LogP contribution in [0.4, 0.5) is 10.6 Å². The smallest absolute Gasteiger partial charge is 0.317 e. The quantitative estimate of drug-likeness (QED) is 0.900. The zero-order valence-electron chi connectivity index (χ0n) is 12.9. The van der Waals surface area contributed by atoms with E-state index in [9.17, 15) is 4.79 Å². The fourth-order valence-corrected chi connectivity index (χ4v) is 2.35. The van der Waals surface area contributed by atoms with Crippen molar-refractivity contribution in [1.29, 1.82) is 0 Å². The first-order valence-electron chi connectivity index (χ1n) is 7.29. The number of aromatic nitrogens is 2. The van der Waals surface area contributed by atoms with E-state index in [1.807, 2.05) is 25.9 Å². The molecule has 1 saturated heterocycles. The molecule has 1 aliphatic heterocycles. The van der Waals surface area contributed by atoms with E-state index in [0.717, 1.165) is 19.4 Å². The summed E-state index contributed by atoms with van der Waals surface area (Å²) in [5.41, 5.74) is 0. The molecule has 1 atom stereocenters. The van der Waals surface area contributed by atoms with Gasteiger partial charge < -0.3 is 19.9 Å². The summed E-state index contributed by atoms with van der Waals surface area (Å²) in [4.78, 5) is 24.1. The summed E-state index contributed by atoms with van der Waals surface area (Å²) in [5, 5.41) is 2.82. The number of anilines is 1. The van der Waals surface area contributed by atoms with E-state index in [2.05, 4.69) is 15.3 Å². The maximum absolute atomic E-state index is 11.9. The monoisotopic (exact) mass is 293 g/mol. The van der Waals surface area contributed by atoms with Gasteiger partial charge in [0.1, 0.15) is 6.10 Å². The van der Waals surface area contributed by atoms with Gasteiger partial charge in [0.15, 0.2) is 5.82 Å². The lowest BCUT2D eigenvalue weighted by molar-refractivity contribution is 0.0981. The lowest BCUT2D eigenvalue weighted by Gasteiger charge is -2.33. The van der Waals surface area contributed by atoms with E-state index >= 15 is 0 Å². The van der Waals surface area contributed by atoms with E-state index in [4.69, 9.17) is 4.74 Å². The minimum absolute atomic E-state index is 0.0298. The molecule has 2 amide bonds. The second-order valence-corrected chi connectivity index (χ2v) is 5.24. The highest BCUT2D eigenvalue weighted by molar-refractivity contribution is 5.74. The van der Waals surface area contributed by atoms with Crippen LogP contribution in [0, 0.1) is 0 Å². The Morgan fingerprint density at radius 2 is 2.24 bits per heavy atom. The van der Waals surface area contributed by atoms with Gasteiger partial charge in [-0.2, -0.15) is 0 Å². The second-order valence-electron chi connectivity index (χ2n) is 5.24. The van der Waals surface area contributed by atoms with Crippen LogP contribution in [0.2, 0.25) is 0 Å². The highest BCUT2D eigenvalue weighted by atomic mass is 16.5. The summed E-state index contributed by atoms with van der Waals surface area (Å²) < 4.78 is 5.97. The van der Waals surface area contributed by atoms with Crippen molar-refractivity contribution in [2.45, 2.75) is 25.9 Å². The van der Waals surface area contributed by atoms with Gasteiger partial charge in [0.25, 0.3) is 5.88 Å². The molecular formula is C14H23N5O2. The zero-order valence-corrected chi connectivity index (χ0v) is 12.9. The van der Waals surface area contributed by atoms with Crippen LogP contribution in [0.3, 0.4) is 0 Å². The summed E-state index contributed by atoms with van der Waals surface area (Å²) in [5.74, 6) is 1.22. The van der Waals surface area contributed by atoms with Crippen LogP contribution in [0.15, 0.2) is 12.4 Å². The van der Waals surface area contributed by atoms with Crippen molar-refractivity contribution in [2.75, 3.05) is 38.6 Å². The number of carbonyl (C=O) groups excluding carboxylic acids is 1. The first kappa shape index (κ1) is 15.3. The van der Waals surface area contributed by atoms with Gasteiger partial charge in [0.2, 0.25) is 0 Å². The third kappa shape index (κ3) is 3.96. The summed E-state index contributed by atoms with van der Waals surface area (Å²) in [6.07, 6.45) is 5.06. The summed E-state index contributed by atoms with van der Waals surface area (Å²) in [7, 11) is 3.80. The minimum Gasteiger partial charge on any atom is -0.470 e. The molecule has 1 aliphatic rings. The van der Waals surface area contributed by atoms with Gasteiger partial charge in [-0.1, -0.05) is 0 Å². The van der Waals surface area contributed by atoms with Gasteiger partial charge >= 0.3 is 6.03 Å². The molecule has 1 unspecified atom stereocenters. The van der Waals surface area contributed by atoms with Gasteiger partial charge in [-0.3, -0.25) is 0 Å². The minimum atomic E-state index is -0.0447. The van der Waals surface area contributed by atoms with E-state index in [1.165, 1.54) is 0 Å². The number of nitrogens with zero attached hydrogens (tertiary/aromatic N) is 4. The molecule has 0 bridgehead atoms. The van der Waals surface area contributed by atoms with Crippen LogP contribution < -0.4 is 15.0 Å². The molecule has 1 aromatic rings. The third-order valence-corrected chi connectivity index (χ3v) is 3.34. The molecule has 0 radical (unpaired) electrons. The summed E-state index contributed by atoms with van der Waals surface area (Å²) >= 11 is 0. The molecule has 7 nitrogen and oxygen atoms in total. The maximum Gasteiger partial charge on any atom is 0.317 e. The number of nitrogens with one attached hydrogen (secondary N) is 1. The number of urea groups is 1. The number of rotatable bonds is 4. The molecule has 2 heterocycles. The molecule has 1 N–H and O–H groups in total. The van der Waals surface area contributed by atoms with Crippen LogP contribution in [0.5, 0.6) is 5.88 Å². The van der Waals surface area contributed by atoms with E-state index in [-0.39, 0.29) is 12.1 Å². The lowest BCUT2D eigenvalue weighted by atomic mass is 10.1. The highest BCUT2D eigenvalue weighted by Crippen LogP contribution is 2.24. The van der Waals surface area contributed by atoms with Crippen LogP contribution in [-0.2, 0) is 0 Å². The van der Waals surface area contributed by atoms with Gasteiger partial charge in [0.05, 0.1) is 6.54 Å². The third-order valence-electron chi connectivity index (χ3n) is 3.34. The van der Waals surface area contributed by atoms with Crippen LogP contribution in [0.25, 0.3) is 0 Å². The van der Waals surface area contributed by atoms with Crippen molar-refractivity contribution >= 4 is 11.8 Å². The Labute approximate surface area is 125 Å². The Balaban J connectivity index is 2.01. The average molecular weight is 293 g/mol. The van der Waals surface area contributed by atoms with E-state index in [1.54, 1.807) is 17.3 Å². The maximum atomic E-state index is 11.9. The number of hydrogen-bond donors (Lipinski definition) is 1. The largest absolute Gasteiger partial charge is 0.470 e. The van der Waals surface area contributed by atoms with Crippen molar-refractivity contribution in [3.05, 3.63) is 12.4 Å². The Hall–Kier alpha value is -2.05. The molecule has 0 spiro atoms. The zero-order chi connectivity index (χ0) is 15.2. The van der Waals surface area contributed by atoms with Crippen molar-refractivity contribution in [3.63, 3.8) is 0 Å². The molecule has 116 valence electrons. The van der Waals surface area contributed by atoms with E-state index < -0.39 is 0 Å². The van der Waals surface area contributed by atoms with Crippen molar-refractivity contribution < 1.29 is 9.53 Å². The summed E-state index contributed by atoms with van der Waals surface area (Å²) in [6, 6.07) is -0.0298. The predicted octanol–water partition coefficient (Wildman–Crippen LogP) is 1.12. The van der Waals surface area contributed by atoms with Crippen molar-refractivity contribution in [2.24, 2.45) is 0 Å². The molecule has 7 heteroatoms. The lowest BCUT2D eigenvalue weighted by Crippen LogP contribution is -2.48. The molecular weight excluding hydrogens is 270 g/mol. The standard InChI is InChI=1S/C14H23N5O2/c1-4-15-14(20)19-9-5-6-11(10-19)21-13-12(18(2)3)16-7-8-17-13/h7-8,11H,4-6,9-10H2,1-3H3,(H,15,20). The Morgan fingerprint density at radius 3 is 2.95 bits per heavy atom. The van der Waals surface area contributed by atoms with Gasteiger partial charge in [-0.05, 0) is 19.8 Å². The number of ether oxygens (including phenoxy) is 1. The van der Waals surface area contributed by atoms with Gasteiger partial charge in [-0.15, -0.1) is 0 Å². The normalized spacial score (nSPS) is 18.2. The van der Waals surface area contributed by atoms with Gasteiger partial charge in [-0.25, -0.2) is 14.8 Å². The Morgan fingerprint density at radius 1 is 1.48 bits per heavy atom. The van der Waals surface area contributed by atoms with Crippen molar-refractivity contribution in [3.8, 4) is 5.88 Å². The first-order chi connectivity index (χ1) is 10.1. The van der Waals surface area contributed by atoms with Crippen LogP contribution in [0.1, 0.15) is 19.8 Å². The Bertz CT molecular complexity index is 480. The number of piperidine rings is 1. The van der Waals surface area contributed by atoms with Crippen LogP contribution in [-0.4, -0.2) is 60.7 Å². The SMILES string of the molecule is CCNC(=O)N1CCCC(Oc2nccnc2N(C)C)C1. The second kappa shape index (κ2) is 7.10. The Kier molecular flexibility index (Phi) is 5.19. The number of hydrogen-bond acceptors (Lipinski definition) is 5. The van der Waals surface area contributed by atoms with Crippen LogP contribution >= 0.6 is 0 Å². The number of likely N-dealkylation sites (tertiary alicyclic amines) is 1. The van der Waals surface area contributed by atoms with Gasteiger partial charge in [0, 0.05) is 39.6 Å². The molecule has 0 saturated carbocycles. The predicted molar refractivity (Wildman–Crippen MR) is 80.7 cm³/mol. The molecule has 0 aliphatic carbocycles. The molecule has 1 aromatic heterocycles. The van der Waals surface area contributed by atoms with Crippen molar-refractivity contribution in [1.82, 2.24) is 20.2 Å².